The number of piperazine rings is 1. The lowest BCUT2D eigenvalue weighted by molar-refractivity contribution is 0.643. The Morgan fingerprint density at radius 2 is 1.71 bits per heavy atom. The van der Waals surface area contributed by atoms with Crippen LogP contribution in [0.2, 0.25) is 5.02 Å². The Bertz CT molecular complexity index is 862. The van der Waals surface area contributed by atoms with Crippen LogP contribution in [0.3, 0.4) is 0 Å². The van der Waals surface area contributed by atoms with Gasteiger partial charge in [0.05, 0.1) is 10.5 Å². The Morgan fingerprint density at radius 1 is 0.917 bits per heavy atom. The summed E-state index contributed by atoms with van der Waals surface area (Å²) in [6, 6.07) is 9.94. The molecule has 0 atom stereocenters. The number of hydrogen-bond acceptors (Lipinski definition) is 5. The Morgan fingerprint density at radius 3 is 2.46 bits per heavy atom. The first kappa shape index (κ1) is 15.6. The molecule has 0 spiro atoms. The maximum Gasteiger partial charge on any atom is 0.140 e. The molecular formula is C17H15BrClN5. The van der Waals surface area contributed by atoms with E-state index >= 15 is 0 Å². The predicted molar refractivity (Wildman–Crippen MR) is 101 cm³/mol. The number of benzene rings is 1. The predicted octanol–water partition coefficient (Wildman–Crippen LogP) is 3.77. The summed E-state index contributed by atoms with van der Waals surface area (Å²) in [5.41, 5.74) is 0.963. The molecule has 2 aromatic heterocycles. The SMILES string of the molecule is Clc1ccc(N2CCN(c3ncnc4ccc(Br)cc34)CC2)nc1. The normalized spacial score (nSPS) is 15.1. The lowest BCUT2D eigenvalue weighted by Crippen LogP contribution is -2.47. The molecule has 0 radical (unpaired) electrons. The number of hydrogen-bond donors (Lipinski definition) is 0. The Balaban J connectivity index is 1.56. The van der Waals surface area contributed by atoms with Gasteiger partial charge in [-0.3, -0.25) is 0 Å². The summed E-state index contributed by atoms with van der Waals surface area (Å²) < 4.78 is 1.04. The van der Waals surface area contributed by atoms with Crippen LogP contribution >= 0.6 is 27.5 Å². The van der Waals surface area contributed by atoms with E-state index in [1.807, 2.05) is 24.3 Å². The lowest BCUT2D eigenvalue weighted by Gasteiger charge is -2.36. The van der Waals surface area contributed by atoms with Crippen molar-refractivity contribution in [1.82, 2.24) is 15.0 Å². The molecule has 7 heteroatoms. The third-order valence-corrected chi connectivity index (χ3v) is 4.91. The van der Waals surface area contributed by atoms with E-state index in [1.54, 1.807) is 12.5 Å². The minimum absolute atomic E-state index is 0.662. The van der Waals surface area contributed by atoms with Gasteiger partial charge in [-0.25, -0.2) is 15.0 Å². The second kappa shape index (κ2) is 6.53. The Hall–Kier alpha value is -1.92. The van der Waals surface area contributed by atoms with Crippen molar-refractivity contribution in [3.63, 3.8) is 0 Å². The van der Waals surface area contributed by atoms with E-state index in [-0.39, 0.29) is 0 Å². The molecule has 0 saturated carbocycles. The highest BCUT2D eigenvalue weighted by Gasteiger charge is 2.20. The molecule has 0 bridgehead atoms. The molecule has 4 rings (SSSR count). The number of pyridine rings is 1. The molecule has 0 aliphatic carbocycles. The maximum atomic E-state index is 5.91. The van der Waals surface area contributed by atoms with Gasteiger partial charge in [-0.15, -0.1) is 0 Å². The van der Waals surface area contributed by atoms with Crippen LogP contribution in [-0.2, 0) is 0 Å². The summed E-state index contributed by atoms with van der Waals surface area (Å²) >= 11 is 9.45. The van der Waals surface area contributed by atoms with Gasteiger partial charge in [-0.2, -0.15) is 0 Å². The third-order valence-electron chi connectivity index (χ3n) is 4.19. The van der Waals surface area contributed by atoms with Gasteiger partial charge in [0.25, 0.3) is 0 Å². The number of anilines is 2. The van der Waals surface area contributed by atoms with E-state index in [1.165, 1.54) is 0 Å². The number of aromatic nitrogens is 3. The van der Waals surface area contributed by atoms with Gasteiger partial charge in [-0.05, 0) is 30.3 Å². The van der Waals surface area contributed by atoms with Gasteiger partial charge in [-0.1, -0.05) is 27.5 Å². The molecule has 0 unspecified atom stereocenters. The van der Waals surface area contributed by atoms with Crippen molar-refractivity contribution in [3.8, 4) is 0 Å². The molecular weight excluding hydrogens is 390 g/mol. The van der Waals surface area contributed by atoms with Gasteiger partial charge >= 0.3 is 0 Å². The van der Waals surface area contributed by atoms with Crippen LogP contribution in [0.15, 0.2) is 47.3 Å². The maximum absolute atomic E-state index is 5.91. The molecule has 24 heavy (non-hydrogen) atoms. The highest BCUT2D eigenvalue weighted by Crippen LogP contribution is 2.27. The van der Waals surface area contributed by atoms with Crippen molar-refractivity contribution in [2.24, 2.45) is 0 Å². The first-order valence-corrected chi connectivity index (χ1v) is 8.89. The summed E-state index contributed by atoms with van der Waals surface area (Å²) in [6.07, 6.45) is 3.33. The zero-order valence-corrected chi connectivity index (χ0v) is 15.2. The minimum Gasteiger partial charge on any atom is -0.353 e. The highest BCUT2D eigenvalue weighted by molar-refractivity contribution is 9.10. The second-order valence-electron chi connectivity index (χ2n) is 5.67. The van der Waals surface area contributed by atoms with E-state index < -0.39 is 0 Å². The van der Waals surface area contributed by atoms with Gasteiger partial charge in [0.15, 0.2) is 0 Å². The topological polar surface area (TPSA) is 45.2 Å². The molecule has 3 aromatic rings. The molecule has 0 amide bonds. The zero-order valence-electron chi connectivity index (χ0n) is 12.9. The molecule has 5 nitrogen and oxygen atoms in total. The quantitative estimate of drug-likeness (QED) is 0.650. The molecule has 3 heterocycles. The molecule has 1 saturated heterocycles. The van der Waals surface area contributed by atoms with Crippen molar-refractivity contribution in [1.29, 1.82) is 0 Å². The van der Waals surface area contributed by atoms with Crippen LogP contribution in [0.25, 0.3) is 10.9 Å². The standard InChI is InChI=1S/C17H15BrClN5/c18-12-1-3-15-14(9-12)17(22-11-21-15)24-7-5-23(6-8-24)16-4-2-13(19)10-20-16/h1-4,9-11H,5-8H2. The van der Waals surface area contributed by atoms with E-state index in [2.05, 4.69) is 46.7 Å². The summed E-state index contributed by atoms with van der Waals surface area (Å²) in [5.74, 6) is 1.96. The van der Waals surface area contributed by atoms with Crippen LogP contribution < -0.4 is 9.80 Å². The summed E-state index contributed by atoms with van der Waals surface area (Å²) in [4.78, 5) is 17.9. The van der Waals surface area contributed by atoms with Crippen LogP contribution in [0, 0.1) is 0 Å². The Kier molecular flexibility index (Phi) is 4.24. The summed E-state index contributed by atoms with van der Waals surface area (Å²) in [7, 11) is 0. The average molecular weight is 405 g/mol. The second-order valence-corrected chi connectivity index (χ2v) is 7.02. The molecule has 0 N–H and O–H groups in total. The van der Waals surface area contributed by atoms with Crippen molar-refractivity contribution in [2.45, 2.75) is 0 Å². The first-order valence-electron chi connectivity index (χ1n) is 7.72. The van der Waals surface area contributed by atoms with Gasteiger partial charge in [0, 0.05) is 42.2 Å². The summed E-state index contributed by atoms with van der Waals surface area (Å²) in [6.45, 7) is 3.58. The lowest BCUT2D eigenvalue weighted by atomic mass is 10.2. The number of halogens is 2. The van der Waals surface area contributed by atoms with Crippen molar-refractivity contribution >= 4 is 50.1 Å². The third kappa shape index (κ3) is 3.03. The molecule has 1 aliphatic rings. The van der Waals surface area contributed by atoms with Gasteiger partial charge < -0.3 is 9.80 Å². The zero-order chi connectivity index (χ0) is 16.5. The van der Waals surface area contributed by atoms with E-state index in [4.69, 9.17) is 11.6 Å². The van der Waals surface area contributed by atoms with E-state index in [0.717, 1.165) is 53.2 Å². The smallest absolute Gasteiger partial charge is 0.140 e. The van der Waals surface area contributed by atoms with Crippen LogP contribution in [0.5, 0.6) is 0 Å². The van der Waals surface area contributed by atoms with Crippen molar-refractivity contribution < 1.29 is 0 Å². The van der Waals surface area contributed by atoms with Gasteiger partial charge in [0.1, 0.15) is 18.0 Å². The van der Waals surface area contributed by atoms with Gasteiger partial charge in [0.2, 0.25) is 0 Å². The number of nitrogens with zero attached hydrogens (tertiary/aromatic N) is 5. The van der Waals surface area contributed by atoms with Crippen molar-refractivity contribution in [3.05, 3.63) is 52.4 Å². The molecule has 1 fully saturated rings. The average Bonchev–Trinajstić information content (AvgIpc) is 2.62. The molecule has 122 valence electrons. The van der Waals surface area contributed by atoms with Crippen LogP contribution in [-0.4, -0.2) is 41.1 Å². The number of rotatable bonds is 2. The van der Waals surface area contributed by atoms with Crippen LogP contribution in [0.1, 0.15) is 0 Å². The number of fused-ring (bicyclic) bond motifs is 1. The minimum atomic E-state index is 0.662. The summed E-state index contributed by atoms with van der Waals surface area (Å²) in [5, 5.41) is 1.74. The van der Waals surface area contributed by atoms with E-state index in [0.29, 0.717) is 5.02 Å². The largest absolute Gasteiger partial charge is 0.353 e. The highest BCUT2D eigenvalue weighted by atomic mass is 79.9. The fourth-order valence-corrected chi connectivity index (χ4v) is 3.44. The first-order chi connectivity index (χ1) is 11.7. The fourth-order valence-electron chi connectivity index (χ4n) is 2.97. The van der Waals surface area contributed by atoms with Crippen molar-refractivity contribution in [2.75, 3.05) is 36.0 Å². The van der Waals surface area contributed by atoms with Crippen LogP contribution in [0.4, 0.5) is 11.6 Å². The van der Waals surface area contributed by atoms with E-state index in [9.17, 15) is 0 Å². The Labute approximate surface area is 153 Å². The monoisotopic (exact) mass is 403 g/mol. The molecule has 1 aromatic carbocycles. The molecule has 1 aliphatic heterocycles. The fraction of sp³-hybridized carbons (Fsp3) is 0.235.